The van der Waals surface area contributed by atoms with Gasteiger partial charge in [-0.15, -0.1) is 0 Å². The SMILES string of the molecule is CC(C)CN(c1ccc([C@H](C)CC(=O)O)cc1Nc1ccc(Cl)cn1)C1CCOCC1. The van der Waals surface area contributed by atoms with Crippen molar-refractivity contribution in [2.24, 2.45) is 5.92 Å². The molecule has 31 heavy (non-hydrogen) atoms. The quantitative estimate of drug-likeness (QED) is 0.515. The predicted molar refractivity (Wildman–Crippen MR) is 126 cm³/mol. The first-order chi connectivity index (χ1) is 14.8. The highest BCUT2D eigenvalue weighted by atomic mass is 35.5. The van der Waals surface area contributed by atoms with Crippen LogP contribution < -0.4 is 10.2 Å². The maximum atomic E-state index is 11.2. The topological polar surface area (TPSA) is 74.7 Å². The van der Waals surface area contributed by atoms with Gasteiger partial charge in [-0.05, 0) is 54.5 Å². The second-order valence-corrected chi connectivity index (χ2v) is 9.09. The van der Waals surface area contributed by atoms with E-state index in [1.54, 1.807) is 12.3 Å². The molecule has 2 heterocycles. The summed E-state index contributed by atoms with van der Waals surface area (Å²) in [4.78, 5) is 18.1. The van der Waals surface area contributed by atoms with E-state index in [2.05, 4.69) is 47.2 Å². The number of hydrogen-bond acceptors (Lipinski definition) is 5. The Morgan fingerprint density at radius 2 is 2.00 bits per heavy atom. The van der Waals surface area contributed by atoms with E-state index < -0.39 is 5.97 Å². The summed E-state index contributed by atoms with van der Waals surface area (Å²) >= 11 is 6.00. The van der Waals surface area contributed by atoms with Crippen molar-refractivity contribution in [1.82, 2.24) is 4.98 Å². The molecule has 2 N–H and O–H groups in total. The number of halogens is 1. The van der Waals surface area contributed by atoms with Crippen LogP contribution in [0.15, 0.2) is 36.5 Å². The van der Waals surface area contributed by atoms with Crippen molar-refractivity contribution < 1.29 is 14.6 Å². The number of nitrogens with one attached hydrogen (secondary N) is 1. The molecule has 168 valence electrons. The molecule has 0 spiro atoms. The third kappa shape index (κ3) is 6.58. The van der Waals surface area contributed by atoms with Crippen LogP contribution in [0.2, 0.25) is 5.02 Å². The van der Waals surface area contributed by atoms with Gasteiger partial charge in [-0.2, -0.15) is 0 Å². The van der Waals surface area contributed by atoms with E-state index in [1.165, 1.54) is 0 Å². The van der Waals surface area contributed by atoms with Crippen LogP contribution in [0, 0.1) is 5.92 Å². The molecule has 1 fully saturated rings. The summed E-state index contributed by atoms with van der Waals surface area (Å²) in [5.74, 6) is 0.307. The fraction of sp³-hybridized carbons (Fsp3) is 0.500. The maximum Gasteiger partial charge on any atom is 0.303 e. The first-order valence-corrected chi connectivity index (χ1v) is 11.3. The summed E-state index contributed by atoms with van der Waals surface area (Å²) in [5.41, 5.74) is 3.01. The number of anilines is 3. The Morgan fingerprint density at radius 3 is 2.61 bits per heavy atom. The number of aromatic nitrogens is 1. The molecule has 2 aromatic rings. The Kier molecular flexibility index (Phi) is 8.15. The molecule has 1 saturated heterocycles. The number of nitrogens with zero attached hydrogens (tertiary/aromatic N) is 2. The number of rotatable bonds is 9. The molecule has 1 aromatic heterocycles. The van der Waals surface area contributed by atoms with Crippen molar-refractivity contribution in [1.29, 1.82) is 0 Å². The van der Waals surface area contributed by atoms with Crippen molar-refractivity contribution in [2.45, 2.75) is 52.0 Å². The fourth-order valence-corrected chi connectivity index (χ4v) is 4.12. The molecule has 6 nitrogen and oxygen atoms in total. The van der Waals surface area contributed by atoms with E-state index in [1.807, 2.05) is 13.0 Å². The molecule has 1 aliphatic rings. The molecule has 7 heteroatoms. The highest BCUT2D eigenvalue weighted by Crippen LogP contribution is 2.36. The lowest BCUT2D eigenvalue weighted by molar-refractivity contribution is -0.137. The van der Waals surface area contributed by atoms with Crippen molar-refractivity contribution >= 4 is 34.8 Å². The summed E-state index contributed by atoms with van der Waals surface area (Å²) in [6.07, 6.45) is 3.68. The molecule has 0 bridgehead atoms. The standard InChI is InChI=1S/C24H32ClN3O3/c1-16(2)15-28(20-8-10-31-11-9-20)22-6-4-18(17(3)12-24(29)30)13-21(22)27-23-7-5-19(25)14-26-23/h4-7,13-14,16-17,20H,8-12,15H2,1-3H3,(H,26,27)(H,29,30)/t17-/m1/s1. The van der Waals surface area contributed by atoms with Crippen LogP contribution in [0.5, 0.6) is 0 Å². The molecule has 1 atom stereocenters. The lowest BCUT2D eigenvalue weighted by Crippen LogP contribution is -2.42. The number of ether oxygens (including phenoxy) is 1. The van der Waals surface area contributed by atoms with Crippen LogP contribution in [0.25, 0.3) is 0 Å². The number of carboxylic acids is 1. The Labute approximate surface area is 189 Å². The first kappa shape index (κ1) is 23.4. The summed E-state index contributed by atoms with van der Waals surface area (Å²) < 4.78 is 5.59. The van der Waals surface area contributed by atoms with Crippen LogP contribution in [0.4, 0.5) is 17.2 Å². The smallest absolute Gasteiger partial charge is 0.303 e. The van der Waals surface area contributed by atoms with Gasteiger partial charge >= 0.3 is 5.97 Å². The van der Waals surface area contributed by atoms with E-state index >= 15 is 0 Å². The average molecular weight is 446 g/mol. The predicted octanol–water partition coefficient (Wildman–Crippen LogP) is 5.70. The molecule has 1 aliphatic heterocycles. The second kappa shape index (κ2) is 10.8. The number of aliphatic carboxylic acids is 1. The van der Waals surface area contributed by atoms with Gasteiger partial charge in [-0.25, -0.2) is 4.98 Å². The molecule has 0 radical (unpaired) electrons. The molecule has 0 unspecified atom stereocenters. The van der Waals surface area contributed by atoms with Crippen LogP contribution in [-0.2, 0) is 9.53 Å². The van der Waals surface area contributed by atoms with Gasteiger partial charge in [0.1, 0.15) is 5.82 Å². The summed E-state index contributed by atoms with van der Waals surface area (Å²) in [6.45, 7) is 8.87. The van der Waals surface area contributed by atoms with Crippen molar-refractivity contribution in [3.8, 4) is 0 Å². The van der Waals surface area contributed by atoms with Gasteiger partial charge < -0.3 is 20.1 Å². The zero-order chi connectivity index (χ0) is 22.4. The monoisotopic (exact) mass is 445 g/mol. The summed E-state index contributed by atoms with van der Waals surface area (Å²) in [6, 6.07) is 10.3. The third-order valence-corrected chi connectivity index (χ3v) is 5.79. The van der Waals surface area contributed by atoms with Gasteiger partial charge in [0.15, 0.2) is 0 Å². The third-order valence-electron chi connectivity index (χ3n) is 5.56. The average Bonchev–Trinajstić information content (AvgIpc) is 2.74. The van der Waals surface area contributed by atoms with Crippen LogP contribution >= 0.6 is 11.6 Å². The van der Waals surface area contributed by atoms with E-state index in [4.69, 9.17) is 16.3 Å². The second-order valence-electron chi connectivity index (χ2n) is 8.65. The number of carboxylic acid groups (broad SMARTS) is 1. The Morgan fingerprint density at radius 1 is 1.26 bits per heavy atom. The highest BCUT2D eigenvalue weighted by Gasteiger charge is 2.25. The minimum absolute atomic E-state index is 0.0908. The van der Waals surface area contributed by atoms with Gasteiger partial charge in [-0.3, -0.25) is 4.79 Å². The number of carbonyl (C=O) groups is 1. The van der Waals surface area contributed by atoms with Gasteiger partial charge in [0.2, 0.25) is 0 Å². The van der Waals surface area contributed by atoms with Crippen LogP contribution in [0.1, 0.15) is 51.5 Å². The minimum Gasteiger partial charge on any atom is -0.481 e. The molecule has 0 saturated carbocycles. The largest absolute Gasteiger partial charge is 0.481 e. The molecule has 3 rings (SSSR count). The lowest BCUT2D eigenvalue weighted by atomic mass is 9.95. The lowest BCUT2D eigenvalue weighted by Gasteiger charge is -2.38. The normalized spacial score (nSPS) is 15.6. The van der Waals surface area contributed by atoms with Gasteiger partial charge in [0, 0.05) is 32.0 Å². The number of hydrogen-bond donors (Lipinski definition) is 2. The zero-order valence-corrected chi connectivity index (χ0v) is 19.2. The van der Waals surface area contributed by atoms with Gasteiger partial charge in [0.05, 0.1) is 22.8 Å². The fourth-order valence-electron chi connectivity index (χ4n) is 4.01. The van der Waals surface area contributed by atoms with E-state index in [0.717, 1.165) is 49.5 Å². The van der Waals surface area contributed by atoms with Gasteiger partial charge in [-0.1, -0.05) is 38.4 Å². The Balaban J connectivity index is 2.00. The molecular weight excluding hydrogens is 414 g/mol. The van der Waals surface area contributed by atoms with Crippen LogP contribution in [0.3, 0.4) is 0 Å². The van der Waals surface area contributed by atoms with Gasteiger partial charge in [0.25, 0.3) is 0 Å². The maximum absolute atomic E-state index is 11.2. The number of pyridine rings is 1. The van der Waals surface area contributed by atoms with Crippen LogP contribution in [-0.4, -0.2) is 41.9 Å². The molecule has 0 amide bonds. The summed E-state index contributed by atoms with van der Waals surface area (Å²) in [7, 11) is 0. The minimum atomic E-state index is -0.797. The molecular formula is C24H32ClN3O3. The molecule has 0 aliphatic carbocycles. The van der Waals surface area contributed by atoms with Crippen molar-refractivity contribution in [3.63, 3.8) is 0 Å². The van der Waals surface area contributed by atoms with E-state index in [-0.39, 0.29) is 12.3 Å². The molecule has 1 aromatic carbocycles. The highest BCUT2D eigenvalue weighted by molar-refractivity contribution is 6.30. The number of benzene rings is 1. The first-order valence-electron chi connectivity index (χ1n) is 10.9. The van der Waals surface area contributed by atoms with E-state index in [9.17, 15) is 9.90 Å². The summed E-state index contributed by atoms with van der Waals surface area (Å²) in [5, 5.41) is 13.3. The Hall–Kier alpha value is -2.31. The van der Waals surface area contributed by atoms with Crippen molar-refractivity contribution in [2.75, 3.05) is 30.0 Å². The zero-order valence-electron chi connectivity index (χ0n) is 18.5. The van der Waals surface area contributed by atoms with Crippen molar-refractivity contribution in [3.05, 3.63) is 47.1 Å². The van der Waals surface area contributed by atoms with E-state index in [0.29, 0.717) is 22.8 Å². The Bertz CT molecular complexity index is 867.